The maximum atomic E-state index is 13.7. The predicted octanol–water partition coefficient (Wildman–Crippen LogP) is 2.66. The second-order valence-electron chi connectivity index (χ2n) is 9.53. The number of nitrogens with zero attached hydrogens (tertiary/aromatic N) is 4. The number of carbonyl (C=O) groups is 1. The predicted molar refractivity (Wildman–Crippen MR) is 141 cm³/mol. The van der Waals surface area contributed by atoms with Crippen molar-refractivity contribution in [2.24, 2.45) is 0 Å². The molecule has 0 saturated heterocycles. The smallest absolute Gasteiger partial charge is 0.258 e. The lowest BCUT2D eigenvalue weighted by atomic mass is 10.1. The number of halogens is 2. The van der Waals surface area contributed by atoms with E-state index < -0.39 is 32.5 Å². The number of hydrogen-bond donors (Lipinski definition) is 3. The van der Waals surface area contributed by atoms with E-state index in [0.29, 0.717) is 23.0 Å². The summed E-state index contributed by atoms with van der Waals surface area (Å²) in [4.78, 5) is 16.7. The average molecular weight is 548 g/mol. The quantitative estimate of drug-likeness (QED) is 0.352. The van der Waals surface area contributed by atoms with Crippen LogP contribution in [0.5, 0.6) is 0 Å². The van der Waals surface area contributed by atoms with Crippen molar-refractivity contribution in [1.82, 2.24) is 19.4 Å². The monoisotopic (exact) mass is 547 g/mol. The minimum absolute atomic E-state index is 0.0829. The molecule has 0 saturated carbocycles. The van der Waals surface area contributed by atoms with Gasteiger partial charge in [0.15, 0.2) is 5.82 Å². The Labute approximate surface area is 220 Å². The van der Waals surface area contributed by atoms with E-state index in [2.05, 4.69) is 25.3 Å². The third-order valence-corrected chi connectivity index (χ3v) is 8.25. The molecule has 0 unspecified atom stereocenters. The molecule has 0 radical (unpaired) electrons. The summed E-state index contributed by atoms with van der Waals surface area (Å²) in [6.45, 7) is 1.73. The van der Waals surface area contributed by atoms with Crippen LogP contribution in [0, 0.1) is 11.6 Å². The SMILES string of the molecule is CN(C)CCCN(C)c1ccc(C(=O)Nc2n[nH]c3c2CN(S(=O)(=O)c2cc(F)cc(F)c2)CC3)c(N)c1. The highest BCUT2D eigenvalue weighted by Gasteiger charge is 2.32. The van der Waals surface area contributed by atoms with E-state index in [4.69, 9.17) is 5.73 Å². The van der Waals surface area contributed by atoms with Gasteiger partial charge in [0.1, 0.15) is 11.6 Å². The minimum Gasteiger partial charge on any atom is -0.398 e. The second kappa shape index (κ2) is 11.1. The number of aromatic nitrogens is 2. The molecule has 38 heavy (non-hydrogen) atoms. The molecule has 4 rings (SSSR count). The number of nitrogens with one attached hydrogen (secondary N) is 2. The number of H-pyrrole nitrogens is 1. The summed E-state index contributed by atoms with van der Waals surface area (Å²) in [6.07, 6.45) is 1.25. The van der Waals surface area contributed by atoms with Gasteiger partial charge in [-0.3, -0.25) is 9.89 Å². The lowest BCUT2D eigenvalue weighted by Gasteiger charge is -2.26. The Kier molecular flexibility index (Phi) is 7.99. The molecular weight excluding hydrogens is 516 g/mol. The maximum absolute atomic E-state index is 13.7. The molecule has 0 aliphatic carbocycles. The standard InChI is InChI=1S/C25H31F2N7O3S/c1-32(2)8-4-9-33(3)18-5-6-20(22(28)14-18)25(35)29-24-21-15-34(10-7-23(21)30-31-24)38(36,37)19-12-16(26)11-17(27)13-19/h5-6,11-14H,4,7-10,15,28H2,1-3H3,(H2,29,30,31,35). The Morgan fingerprint density at radius 2 is 1.84 bits per heavy atom. The fourth-order valence-electron chi connectivity index (χ4n) is 4.33. The number of rotatable bonds is 9. The Bertz CT molecular complexity index is 1420. The van der Waals surface area contributed by atoms with Crippen molar-refractivity contribution in [2.75, 3.05) is 56.7 Å². The number of anilines is 3. The van der Waals surface area contributed by atoms with Gasteiger partial charge in [0.25, 0.3) is 5.91 Å². The number of nitrogen functional groups attached to an aromatic ring is 1. The molecule has 1 aromatic heterocycles. The fourth-order valence-corrected chi connectivity index (χ4v) is 5.78. The van der Waals surface area contributed by atoms with Gasteiger partial charge in [-0.05, 0) is 57.4 Å². The number of carbonyl (C=O) groups excluding carboxylic acids is 1. The van der Waals surface area contributed by atoms with Crippen LogP contribution < -0.4 is 16.0 Å². The van der Waals surface area contributed by atoms with Crippen molar-refractivity contribution < 1.29 is 22.0 Å². The van der Waals surface area contributed by atoms with Crippen LogP contribution in [0.2, 0.25) is 0 Å². The van der Waals surface area contributed by atoms with Crippen molar-refractivity contribution in [1.29, 1.82) is 0 Å². The topological polar surface area (TPSA) is 128 Å². The highest BCUT2D eigenvalue weighted by atomic mass is 32.2. The molecule has 10 nitrogen and oxygen atoms in total. The van der Waals surface area contributed by atoms with Crippen LogP contribution in [-0.4, -0.2) is 74.5 Å². The van der Waals surface area contributed by atoms with Crippen LogP contribution in [0.4, 0.5) is 26.0 Å². The van der Waals surface area contributed by atoms with E-state index in [-0.39, 0.29) is 30.9 Å². The first-order chi connectivity index (χ1) is 18.0. The molecule has 1 aliphatic heterocycles. The zero-order valence-electron chi connectivity index (χ0n) is 21.5. The highest BCUT2D eigenvalue weighted by molar-refractivity contribution is 7.89. The Hall–Kier alpha value is -3.55. The van der Waals surface area contributed by atoms with Crippen LogP contribution in [0.3, 0.4) is 0 Å². The molecule has 204 valence electrons. The molecule has 0 atom stereocenters. The molecule has 0 spiro atoms. The number of hydrogen-bond acceptors (Lipinski definition) is 7. The molecule has 1 amide bonds. The van der Waals surface area contributed by atoms with Crippen LogP contribution in [0.15, 0.2) is 41.3 Å². The van der Waals surface area contributed by atoms with E-state index in [9.17, 15) is 22.0 Å². The highest BCUT2D eigenvalue weighted by Crippen LogP contribution is 2.30. The summed E-state index contributed by atoms with van der Waals surface area (Å²) in [5.74, 6) is -2.30. The number of benzene rings is 2. The van der Waals surface area contributed by atoms with Crippen molar-refractivity contribution in [2.45, 2.75) is 24.3 Å². The van der Waals surface area contributed by atoms with Crippen molar-refractivity contribution >= 4 is 33.1 Å². The van der Waals surface area contributed by atoms with Gasteiger partial charge in [0, 0.05) is 61.8 Å². The molecule has 3 aromatic rings. The normalized spacial score (nSPS) is 13.9. The number of aromatic amines is 1. The van der Waals surface area contributed by atoms with Crippen molar-refractivity contribution in [3.63, 3.8) is 0 Å². The van der Waals surface area contributed by atoms with Crippen LogP contribution >= 0.6 is 0 Å². The number of sulfonamides is 1. The number of amides is 1. The summed E-state index contributed by atoms with van der Waals surface area (Å²) in [5.41, 5.74) is 8.76. The number of fused-ring (bicyclic) bond motifs is 1. The Morgan fingerprint density at radius 1 is 1.13 bits per heavy atom. The third kappa shape index (κ3) is 5.95. The number of nitrogens with two attached hydrogens (primary N) is 1. The van der Waals surface area contributed by atoms with Gasteiger partial charge in [-0.1, -0.05) is 0 Å². The molecule has 2 aromatic carbocycles. The van der Waals surface area contributed by atoms with E-state index in [1.54, 1.807) is 12.1 Å². The fraction of sp³-hybridized carbons (Fsp3) is 0.360. The van der Waals surface area contributed by atoms with Gasteiger partial charge < -0.3 is 20.9 Å². The van der Waals surface area contributed by atoms with Gasteiger partial charge in [0.2, 0.25) is 10.0 Å². The van der Waals surface area contributed by atoms with Crippen molar-refractivity contribution in [3.05, 3.63) is 64.9 Å². The maximum Gasteiger partial charge on any atom is 0.258 e. The lowest BCUT2D eigenvalue weighted by molar-refractivity contribution is 0.102. The summed E-state index contributed by atoms with van der Waals surface area (Å²) in [7, 11) is 1.81. The Balaban J connectivity index is 1.48. The Morgan fingerprint density at radius 3 is 2.50 bits per heavy atom. The third-order valence-electron chi connectivity index (χ3n) is 6.42. The second-order valence-corrected chi connectivity index (χ2v) is 11.5. The van der Waals surface area contributed by atoms with Crippen LogP contribution in [0.25, 0.3) is 0 Å². The first kappa shape index (κ1) is 27.5. The van der Waals surface area contributed by atoms with E-state index in [1.165, 1.54) is 0 Å². The van der Waals surface area contributed by atoms with Gasteiger partial charge in [0.05, 0.1) is 10.5 Å². The lowest BCUT2D eigenvalue weighted by Crippen LogP contribution is -2.36. The molecule has 13 heteroatoms. The van der Waals surface area contributed by atoms with E-state index in [1.807, 2.05) is 27.2 Å². The summed E-state index contributed by atoms with van der Waals surface area (Å²) >= 11 is 0. The zero-order chi connectivity index (χ0) is 27.6. The van der Waals surface area contributed by atoms with E-state index in [0.717, 1.165) is 41.6 Å². The zero-order valence-corrected chi connectivity index (χ0v) is 22.3. The van der Waals surface area contributed by atoms with Crippen LogP contribution in [-0.2, 0) is 23.0 Å². The van der Waals surface area contributed by atoms with Gasteiger partial charge in [-0.2, -0.15) is 9.40 Å². The summed E-state index contributed by atoms with van der Waals surface area (Å²) in [5, 5.41) is 9.69. The minimum atomic E-state index is -4.18. The van der Waals surface area contributed by atoms with Gasteiger partial charge in [-0.25, -0.2) is 17.2 Å². The van der Waals surface area contributed by atoms with E-state index >= 15 is 0 Å². The molecule has 2 heterocycles. The molecular formula is C25H31F2N7O3S. The molecule has 0 bridgehead atoms. The van der Waals surface area contributed by atoms with Gasteiger partial charge in [-0.15, -0.1) is 0 Å². The summed E-state index contributed by atoms with van der Waals surface area (Å²) in [6, 6.07) is 7.34. The van der Waals surface area contributed by atoms with Crippen molar-refractivity contribution in [3.8, 4) is 0 Å². The largest absolute Gasteiger partial charge is 0.398 e. The molecule has 4 N–H and O–H groups in total. The molecule has 0 fully saturated rings. The average Bonchev–Trinajstić information content (AvgIpc) is 3.24. The first-order valence-electron chi connectivity index (χ1n) is 12.0. The summed E-state index contributed by atoms with van der Waals surface area (Å²) < 4.78 is 54.6. The molecule has 1 aliphatic rings. The van der Waals surface area contributed by atoms with Gasteiger partial charge >= 0.3 is 0 Å². The van der Waals surface area contributed by atoms with Crippen LogP contribution in [0.1, 0.15) is 28.0 Å². The first-order valence-corrected chi connectivity index (χ1v) is 13.5.